The smallest absolute Gasteiger partial charge is 0.326 e. The van der Waals surface area contributed by atoms with Crippen LogP contribution in [0.2, 0.25) is 0 Å². The van der Waals surface area contributed by atoms with Crippen LogP contribution in [-0.4, -0.2) is 54.5 Å². The molecule has 0 saturated heterocycles. The van der Waals surface area contributed by atoms with Gasteiger partial charge in [-0.15, -0.1) is 0 Å². The minimum atomic E-state index is -1.25. The van der Waals surface area contributed by atoms with Crippen LogP contribution in [0, 0.1) is 0 Å². The zero-order chi connectivity index (χ0) is 15.4. The van der Waals surface area contributed by atoms with Crippen molar-refractivity contribution in [1.82, 2.24) is 10.6 Å². The number of rotatable bonds is 11. The number of carbonyl (C=O) groups excluding carboxylic acids is 1. The van der Waals surface area contributed by atoms with E-state index in [9.17, 15) is 14.4 Å². The molecule has 0 bridgehead atoms. The molecule has 0 rings (SSSR count). The Kier molecular flexibility index (Phi) is 10.0. The third-order valence-electron chi connectivity index (χ3n) is 2.56. The van der Waals surface area contributed by atoms with Gasteiger partial charge in [0.1, 0.15) is 6.04 Å². The number of methoxy groups -OCH3 is 1. The van der Waals surface area contributed by atoms with Crippen LogP contribution in [0.15, 0.2) is 0 Å². The number of amides is 2. The maximum atomic E-state index is 11.4. The van der Waals surface area contributed by atoms with Crippen molar-refractivity contribution in [2.45, 2.75) is 38.1 Å². The number of hydrogen-bond donors (Lipinski definition) is 4. The summed E-state index contributed by atoms with van der Waals surface area (Å²) in [6.45, 7) is 1.10. The van der Waals surface area contributed by atoms with Gasteiger partial charge in [0.05, 0.1) is 0 Å². The molecule has 0 aromatic carbocycles. The number of aliphatic carboxylic acids is 2. The molecule has 0 aromatic rings. The van der Waals surface area contributed by atoms with E-state index in [1.807, 2.05) is 0 Å². The van der Waals surface area contributed by atoms with Gasteiger partial charge in [-0.25, -0.2) is 9.59 Å². The predicted molar refractivity (Wildman–Crippen MR) is 70.6 cm³/mol. The van der Waals surface area contributed by atoms with Crippen molar-refractivity contribution >= 4 is 18.0 Å². The van der Waals surface area contributed by atoms with Crippen LogP contribution >= 0.6 is 0 Å². The highest BCUT2D eigenvalue weighted by Crippen LogP contribution is 1.98. The molecular weight excluding hydrogens is 268 g/mol. The molecule has 4 N–H and O–H groups in total. The van der Waals surface area contributed by atoms with Gasteiger partial charge in [0, 0.05) is 26.7 Å². The van der Waals surface area contributed by atoms with Crippen molar-refractivity contribution in [3.8, 4) is 0 Å². The zero-order valence-electron chi connectivity index (χ0n) is 11.6. The first-order valence-electron chi connectivity index (χ1n) is 6.45. The molecule has 0 heterocycles. The largest absolute Gasteiger partial charge is 0.481 e. The van der Waals surface area contributed by atoms with Gasteiger partial charge in [-0.1, -0.05) is 0 Å². The molecule has 0 aliphatic carbocycles. The molecule has 0 aliphatic heterocycles. The van der Waals surface area contributed by atoms with Gasteiger partial charge in [-0.05, 0) is 25.7 Å². The minimum Gasteiger partial charge on any atom is -0.481 e. The summed E-state index contributed by atoms with van der Waals surface area (Å²) in [5.74, 6) is -2.35. The van der Waals surface area contributed by atoms with E-state index in [1.54, 1.807) is 7.11 Å². The third kappa shape index (κ3) is 10.1. The zero-order valence-corrected chi connectivity index (χ0v) is 11.6. The average Bonchev–Trinajstić information content (AvgIpc) is 2.38. The normalized spacial score (nSPS) is 11.7. The lowest BCUT2D eigenvalue weighted by atomic mass is 10.1. The van der Waals surface area contributed by atoms with E-state index in [2.05, 4.69) is 10.6 Å². The van der Waals surface area contributed by atoms with Crippen LogP contribution in [0.1, 0.15) is 32.1 Å². The SMILES string of the molecule is COCCCCCNC(=O)NC(CCC(=O)O)C(=O)O. The van der Waals surface area contributed by atoms with Crippen LogP contribution in [-0.2, 0) is 14.3 Å². The van der Waals surface area contributed by atoms with Crippen molar-refractivity contribution < 1.29 is 29.3 Å². The molecule has 2 amide bonds. The second-order valence-electron chi connectivity index (χ2n) is 4.28. The Balaban J connectivity index is 3.84. The van der Waals surface area contributed by atoms with Gasteiger partial charge in [-0.3, -0.25) is 4.79 Å². The topological polar surface area (TPSA) is 125 Å². The number of carbonyl (C=O) groups is 3. The van der Waals surface area contributed by atoms with Gasteiger partial charge in [0.25, 0.3) is 0 Å². The first-order valence-corrected chi connectivity index (χ1v) is 6.45. The van der Waals surface area contributed by atoms with Crippen LogP contribution < -0.4 is 10.6 Å². The molecule has 1 unspecified atom stereocenters. The summed E-state index contributed by atoms with van der Waals surface area (Å²) < 4.78 is 4.88. The summed E-state index contributed by atoms with van der Waals surface area (Å²) in [4.78, 5) is 32.7. The summed E-state index contributed by atoms with van der Waals surface area (Å²) >= 11 is 0. The lowest BCUT2D eigenvalue weighted by molar-refractivity contribution is -0.140. The molecule has 116 valence electrons. The van der Waals surface area contributed by atoms with Gasteiger partial charge in [0.15, 0.2) is 0 Å². The quantitative estimate of drug-likeness (QED) is 0.409. The molecule has 0 spiro atoms. The summed E-state index contributed by atoms with van der Waals surface area (Å²) in [7, 11) is 1.62. The molecule has 0 radical (unpaired) electrons. The summed E-state index contributed by atoms with van der Waals surface area (Å²) in [5, 5.41) is 22.1. The number of ether oxygens (including phenoxy) is 1. The van der Waals surface area contributed by atoms with Crippen LogP contribution in [0.4, 0.5) is 4.79 Å². The molecule has 0 aliphatic rings. The van der Waals surface area contributed by atoms with E-state index in [0.29, 0.717) is 13.2 Å². The Labute approximate surface area is 117 Å². The van der Waals surface area contributed by atoms with E-state index in [4.69, 9.17) is 14.9 Å². The summed E-state index contributed by atoms with van der Waals surface area (Å²) in [6.07, 6.45) is 2.11. The fourth-order valence-electron chi connectivity index (χ4n) is 1.48. The lowest BCUT2D eigenvalue weighted by Gasteiger charge is -2.14. The number of hydrogen-bond acceptors (Lipinski definition) is 4. The van der Waals surface area contributed by atoms with E-state index < -0.39 is 24.0 Å². The van der Waals surface area contributed by atoms with Crippen molar-refractivity contribution in [3.05, 3.63) is 0 Å². The highest BCUT2D eigenvalue weighted by molar-refractivity contribution is 5.82. The second-order valence-corrected chi connectivity index (χ2v) is 4.28. The Morgan fingerprint density at radius 3 is 2.40 bits per heavy atom. The van der Waals surface area contributed by atoms with E-state index >= 15 is 0 Å². The monoisotopic (exact) mass is 290 g/mol. The Morgan fingerprint density at radius 2 is 1.85 bits per heavy atom. The molecule has 0 aromatic heterocycles. The molecule has 0 fully saturated rings. The number of nitrogens with one attached hydrogen (secondary N) is 2. The maximum absolute atomic E-state index is 11.4. The third-order valence-corrected chi connectivity index (χ3v) is 2.56. The second kappa shape index (κ2) is 11.0. The van der Waals surface area contributed by atoms with Crippen LogP contribution in [0.25, 0.3) is 0 Å². The number of carboxylic acid groups (broad SMARTS) is 2. The average molecular weight is 290 g/mol. The van der Waals surface area contributed by atoms with Gasteiger partial charge in [0.2, 0.25) is 0 Å². The van der Waals surface area contributed by atoms with Crippen LogP contribution in [0.5, 0.6) is 0 Å². The number of unbranched alkanes of at least 4 members (excludes halogenated alkanes) is 2. The Hall–Kier alpha value is -1.83. The van der Waals surface area contributed by atoms with E-state index in [0.717, 1.165) is 19.3 Å². The van der Waals surface area contributed by atoms with E-state index in [1.165, 1.54) is 0 Å². The van der Waals surface area contributed by atoms with Crippen LogP contribution in [0.3, 0.4) is 0 Å². The fourth-order valence-corrected chi connectivity index (χ4v) is 1.48. The fraction of sp³-hybridized carbons (Fsp3) is 0.750. The molecule has 0 saturated carbocycles. The summed E-state index contributed by atoms with van der Waals surface area (Å²) in [5.41, 5.74) is 0. The number of carboxylic acids is 2. The van der Waals surface area contributed by atoms with Gasteiger partial charge < -0.3 is 25.6 Å². The van der Waals surface area contributed by atoms with Crippen molar-refractivity contribution in [1.29, 1.82) is 0 Å². The molecule has 8 heteroatoms. The standard InChI is InChI=1S/C12H22N2O6/c1-20-8-4-2-3-7-13-12(19)14-9(11(17)18)5-6-10(15)16/h9H,2-8H2,1H3,(H,15,16)(H,17,18)(H2,13,14,19). The number of urea groups is 1. The lowest BCUT2D eigenvalue weighted by Crippen LogP contribution is -2.46. The molecule has 20 heavy (non-hydrogen) atoms. The minimum absolute atomic E-state index is 0.147. The van der Waals surface area contributed by atoms with Gasteiger partial charge >= 0.3 is 18.0 Å². The highest BCUT2D eigenvalue weighted by Gasteiger charge is 2.20. The highest BCUT2D eigenvalue weighted by atomic mass is 16.5. The first kappa shape index (κ1) is 18.2. The molecular formula is C12H22N2O6. The molecule has 8 nitrogen and oxygen atoms in total. The Bertz CT molecular complexity index is 321. The maximum Gasteiger partial charge on any atom is 0.326 e. The van der Waals surface area contributed by atoms with E-state index in [-0.39, 0.29) is 12.8 Å². The van der Waals surface area contributed by atoms with Crippen molar-refractivity contribution in [2.24, 2.45) is 0 Å². The Morgan fingerprint density at radius 1 is 1.15 bits per heavy atom. The van der Waals surface area contributed by atoms with Crippen molar-refractivity contribution in [2.75, 3.05) is 20.3 Å². The predicted octanol–water partition coefficient (Wildman–Crippen LogP) is 0.420. The van der Waals surface area contributed by atoms with Crippen molar-refractivity contribution in [3.63, 3.8) is 0 Å². The molecule has 1 atom stereocenters. The summed E-state index contributed by atoms with van der Waals surface area (Å²) in [6, 6.07) is -1.80. The van der Waals surface area contributed by atoms with Gasteiger partial charge in [-0.2, -0.15) is 0 Å². The first-order chi connectivity index (χ1) is 9.47.